The molecule has 0 bridgehead atoms. The summed E-state index contributed by atoms with van der Waals surface area (Å²) in [5.41, 5.74) is 1.04. The van der Waals surface area contributed by atoms with Crippen LogP contribution in [0.1, 0.15) is 16.5 Å². The molecule has 0 aromatic carbocycles. The lowest BCUT2D eigenvalue weighted by Gasteiger charge is -1.97. The highest BCUT2D eigenvalue weighted by molar-refractivity contribution is 14.1. The minimum absolute atomic E-state index is 0.455. The summed E-state index contributed by atoms with van der Waals surface area (Å²) in [7, 11) is 0. The molecule has 3 heteroatoms. The molecule has 1 aromatic rings. The molecule has 0 amide bonds. The summed E-state index contributed by atoms with van der Waals surface area (Å²) in [6, 6.07) is 0. The van der Waals surface area contributed by atoms with Crippen molar-refractivity contribution in [3.8, 4) is 0 Å². The predicted molar refractivity (Wildman–Crippen MR) is 44.5 cm³/mol. The molecule has 0 radical (unpaired) electrons. The summed E-state index contributed by atoms with van der Waals surface area (Å²) in [5, 5.41) is 0. The van der Waals surface area contributed by atoms with Crippen molar-refractivity contribution >= 4 is 22.6 Å². The van der Waals surface area contributed by atoms with E-state index in [1.165, 1.54) is 0 Å². The van der Waals surface area contributed by atoms with Gasteiger partial charge in [0.25, 0.3) is 0 Å². The zero-order chi connectivity index (χ0) is 6.69. The van der Waals surface area contributed by atoms with Gasteiger partial charge in [0.05, 0.1) is 9.62 Å². The van der Waals surface area contributed by atoms with Crippen LogP contribution in [0.3, 0.4) is 0 Å². The zero-order valence-electron chi connectivity index (χ0n) is 5.08. The van der Waals surface area contributed by atoms with E-state index in [1.807, 2.05) is 0 Å². The van der Waals surface area contributed by atoms with Gasteiger partial charge in [-0.15, -0.1) is 0 Å². The molecule has 2 nitrogen and oxygen atoms in total. The number of hydrogen-bond acceptors (Lipinski definition) is 2. The Bertz CT molecular complexity index is 174. The molecule has 1 atom stereocenters. The molecule has 0 fully saturated rings. The Labute approximate surface area is 67.9 Å². The standard InChI is InChI=1S/C6H7IN2/c1-5(7)6-4-8-2-3-9-6/h2-5H,1H3. The number of nitrogens with zero attached hydrogens (tertiary/aromatic N) is 2. The normalized spacial score (nSPS) is 13.1. The van der Waals surface area contributed by atoms with Crippen LogP contribution in [0.4, 0.5) is 0 Å². The largest absolute Gasteiger partial charge is 0.261 e. The van der Waals surface area contributed by atoms with Gasteiger partial charge in [-0.05, 0) is 6.92 Å². The molecule has 9 heavy (non-hydrogen) atoms. The maximum absolute atomic E-state index is 4.11. The fraction of sp³-hybridized carbons (Fsp3) is 0.333. The van der Waals surface area contributed by atoms with E-state index in [4.69, 9.17) is 0 Å². The SMILES string of the molecule is CC(I)c1cnccn1. The van der Waals surface area contributed by atoms with Gasteiger partial charge in [-0.1, -0.05) is 22.6 Å². The second kappa shape index (κ2) is 3.10. The number of alkyl halides is 1. The van der Waals surface area contributed by atoms with E-state index in [2.05, 4.69) is 39.5 Å². The summed E-state index contributed by atoms with van der Waals surface area (Å²) in [6.45, 7) is 2.09. The second-order valence-corrected chi connectivity index (χ2v) is 3.61. The van der Waals surface area contributed by atoms with Crippen LogP contribution in [0.15, 0.2) is 18.6 Å². The highest BCUT2D eigenvalue weighted by atomic mass is 127. The number of aromatic nitrogens is 2. The molecule has 0 aliphatic carbocycles. The lowest BCUT2D eigenvalue weighted by Crippen LogP contribution is -1.88. The molecular formula is C6H7IN2. The van der Waals surface area contributed by atoms with E-state index in [0.29, 0.717) is 3.92 Å². The van der Waals surface area contributed by atoms with Crippen molar-refractivity contribution in [2.45, 2.75) is 10.8 Å². The van der Waals surface area contributed by atoms with Gasteiger partial charge in [-0.2, -0.15) is 0 Å². The second-order valence-electron chi connectivity index (χ2n) is 1.75. The maximum Gasteiger partial charge on any atom is 0.0712 e. The Morgan fingerprint density at radius 3 is 2.67 bits per heavy atom. The molecule has 0 aliphatic rings. The average molecular weight is 234 g/mol. The molecule has 0 N–H and O–H groups in total. The van der Waals surface area contributed by atoms with Crippen LogP contribution in [-0.2, 0) is 0 Å². The molecular weight excluding hydrogens is 227 g/mol. The van der Waals surface area contributed by atoms with Gasteiger partial charge in [0, 0.05) is 18.6 Å². The summed E-state index contributed by atoms with van der Waals surface area (Å²) < 4.78 is 0.455. The topological polar surface area (TPSA) is 25.8 Å². The Kier molecular flexibility index (Phi) is 2.38. The van der Waals surface area contributed by atoms with Crippen molar-refractivity contribution in [1.82, 2.24) is 9.97 Å². The van der Waals surface area contributed by atoms with Crippen LogP contribution >= 0.6 is 22.6 Å². The van der Waals surface area contributed by atoms with E-state index in [1.54, 1.807) is 18.6 Å². The Morgan fingerprint density at radius 1 is 1.56 bits per heavy atom. The molecule has 48 valence electrons. The Balaban J connectivity index is 2.85. The van der Waals surface area contributed by atoms with Gasteiger partial charge in [0.2, 0.25) is 0 Å². The smallest absolute Gasteiger partial charge is 0.0712 e. The number of hydrogen-bond donors (Lipinski definition) is 0. The number of rotatable bonds is 1. The molecule has 1 unspecified atom stereocenters. The van der Waals surface area contributed by atoms with Crippen LogP contribution in [0, 0.1) is 0 Å². The van der Waals surface area contributed by atoms with Crippen molar-refractivity contribution < 1.29 is 0 Å². The monoisotopic (exact) mass is 234 g/mol. The van der Waals surface area contributed by atoms with E-state index < -0.39 is 0 Å². The molecule has 0 spiro atoms. The van der Waals surface area contributed by atoms with E-state index in [0.717, 1.165) is 5.69 Å². The van der Waals surface area contributed by atoms with E-state index in [9.17, 15) is 0 Å². The summed E-state index contributed by atoms with van der Waals surface area (Å²) in [4.78, 5) is 8.05. The Hall–Kier alpha value is -0.190. The quantitative estimate of drug-likeness (QED) is 0.548. The zero-order valence-corrected chi connectivity index (χ0v) is 7.24. The van der Waals surface area contributed by atoms with E-state index in [-0.39, 0.29) is 0 Å². The maximum atomic E-state index is 4.11. The van der Waals surface area contributed by atoms with Gasteiger partial charge in [-0.3, -0.25) is 9.97 Å². The third-order valence-electron chi connectivity index (χ3n) is 0.991. The van der Waals surface area contributed by atoms with Crippen LogP contribution < -0.4 is 0 Å². The lowest BCUT2D eigenvalue weighted by molar-refractivity contribution is 1.00. The van der Waals surface area contributed by atoms with Crippen LogP contribution in [0.25, 0.3) is 0 Å². The van der Waals surface area contributed by atoms with Crippen molar-refractivity contribution in [3.05, 3.63) is 24.3 Å². The van der Waals surface area contributed by atoms with Crippen LogP contribution in [0.5, 0.6) is 0 Å². The van der Waals surface area contributed by atoms with E-state index >= 15 is 0 Å². The summed E-state index contributed by atoms with van der Waals surface area (Å²) >= 11 is 2.31. The lowest BCUT2D eigenvalue weighted by atomic mass is 10.4. The Morgan fingerprint density at radius 2 is 2.33 bits per heavy atom. The fourth-order valence-corrected chi connectivity index (χ4v) is 0.838. The molecule has 1 aromatic heterocycles. The average Bonchev–Trinajstić information content (AvgIpc) is 1.90. The van der Waals surface area contributed by atoms with Crippen molar-refractivity contribution in [2.75, 3.05) is 0 Å². The van der Waals surface area contributed by atoms with Gasteiger partial charge >= 0.3 is 0 Å². The van der Waals surface area contributed by atoms with Crippen LogP contribution in [-0.4, -0.2) is 9.97 Å². The summed E-state index contributed by atoms with van der Waals surface area (Å²) in [5.74, 6) is 0. The van der Waals surface area contributed by atoms with Crippen molar-refractivity contribution in [1.29, 1.82) is 0 Å². The highest BCUT2D eigenvalue weighted by Crippen LogP contribution is 2.17. The first-order chi connectivity index (χ1) is 4.30. The minimum atomic E-state index is 0.455. The highest BCUT2D eigenvalue weighted by Gasteiger charge is 1.98. The van der Waals surface area contributed by atoms with Gasteiger partial charge in [-0.25, -0.2) is 0 Å². The molecule has 1 rings (SSSR count). The predicted octanol–water partition coefficient (Wildman–Crippen LogP) is 1.97. The van der Waals surface area contributed by atoms with Crippen molar-refractivity contribution in [2.24, 2.45) is 0 Å². The fourth-order valence-electron chi connectivity index (χ4n) is 0.516. The minimum Gasteiger partial charge on any atom is -0.261 e. The van der Waals surface area contributed by atoms with Crippen molar-refractivity contribution in [3.63, 3.8) is 0 Å². The molecule has 0 saturated heterocycles. The van der Waals surface area contributed by atoms with Gasteiger partial charge in [0.15, 0.2) is 0 Å². The molecule has 1 heterocycles. The third-order valence-corrected chi connectivity index (χ3v) is 1.63. The number of halogens is 1. The first-order valence-electron chi connectivity index (χ1n) is 2.70. The van der Waals surface area contributed by atoms with Gasteiger partial charge < -0.3 is 0 Å². The molecule has 0 saturated carbocycles. The van der Waals surface area contributed by atoms with Crippen LogP contribution in [0.2, 0.25) is 0 Å². The first-order valence-corrected chi connectivity index (χ1v) is 3.95. The first kappa shape index (κ1) is 6.92. The summed E-state index contributed by atoms with van der Waals surface area (Å²) in [6.07, 6.45) is 5.18. The third kappa shape index (κ3) is 1.89. The van der Waals surface area contributed by atoms with Gasteiger partial charge in [0.1, 0.15) is 0 Å². The molecule has 0 aliphatic heterocycles.